The van der Waals surface area contributed by atoms with E-state index in [1.165, 1.54) is 24.0 Å². The fourth-order valence-corrected chi connectivity index (χ4v) is 3.54. The zero-order valence-corrected chi connectivity index (χ0v) is 15.2. The molecule has 0 aromatic heterocycles. The molecule has 0 spiro atoms. The van der Waals surface area contributed by atoms with Gasteiger partial charge in [0.15, 0.2) is 0 Å². The van der Waals surface area contributed by atoms with Gasteiger partial charge in [0.25, 0.3) is 0 Å². The molecule has 2 aromatic carbocycles. The van der Waals surface area contributed by atoms with Crippen molar-refractivity contribution in [1.29, 1.82) is 0 Å². The third-order valence-corrected chi connectivity index (χ3v) is 5.85. The van der Waals surface area contributed by atoms with E-state index in [9.17, 15) is 4.21 Å². The molecule has 5 heteroatoms. The minimum atomic E-state index is -0.929. The van der Waals surface area contributed by atoms with Gasteiger partial charge >= 0.3 is 0 Å². The van der Waals surface area contributed by atoms with Crippen molar-refractivity contribution in [3.63, 3.8) is 0 Å². The second kappa shape index (κ2) is 7.35. The topological polar surface area (TPSA) is 29.1 Å². The Bertz CT molecular complexity index is 713. The van der Waals surface area contributed by atoms with Gasteiger partial charge in [-0.15, -0.1) is 0 Å². The van der Waals surface area contributed by atoms with Gasteiger partial charge in [-0.2, -0.15) is 0 Å². The summed E-state index contributed by atoms with van der Waals surface area (Å²) < 4.78 is 11.4. The molecule has 0 saturated heterocycles. The molecule has 0 unspecified atom stereocenters. The van der Waals surface area contributed by atoms with Crippen LogP contribution in [0, 0.1) is 5.92 Å². The van der Waals surface area contributed by atoms with Crippen molar-refractivity contribution in [2.45, 2.75) is 30.3 Å². The molecule has 122 valence electrons. The minimum absolute atomic E-state index is 0.296. The van der Waals surface area contributed by atoms with Crippen LogP contribution in [0.1, 0.15) is 30.0 Å². The van der Waals surface area contributed by atoms with Crippen LogP contribution in [0.3, 0.4) is 0 Å². The first-order valence-electron chi connectivity index (χ1n) is 7.65. The average Bonchev–Trinajstić information content (AvgIpc) is 3.36. The number of hydrogen-bond donors (Lipinski definition) is 1. The van der Waals surface area contributed by atoms with Gasteiger partial charge in [-0.05, 0) is 54.2 Å². The standard InChI is InChI=1S/C18H19Cl2NOS/c1-23(22)15-7-2-12(3-8-15)11-21-18(13-4-5-13)14-6-9-16(19)17(20)10-14/h2-3,6-10,13,18,21H,4-5,11H2,1H3/t18-,23+/m0/s1. The van der Waals surface area contributed by atoms with E-state index in [4.69, 9.17) is 23.2 Å². The van der Waals surface area contributed by atoms with Crippen molar-refractivity contribution in [2.24, 2.45) is 5.92 Å². The molecule has 0 bridgehead atoms. The van der Waals surface area contributed by atoms with Crippen LogP contribution in [0.25, 0.3) is 0 Å². The van der Waals surface area contributed by atoms with Crippen LogP contribution in [-0.4, -0.2) is 10.5 Å². The summed E-state index contributed by atoms with van der Waals surface area (Å²) in [5.41, 5.74) is 2.37. The summed E-state index contributed by atoms with van der Waals surface area (Å²) in [7, 11) is -0.929. The second-order valence-electron chi connectivity index (χ2n) is 5.97. The normalized spacial score (nSPS) is 17.0. The maximum Gasteiger partial charge on any atom is 0.0595 e. The quantitative estimate of drug-likeness (QED) is 0.780. The minimum Gasteiger partial charge on any atom is -0.306 e. The van der Waals surface area contributed by atoms with Crippen molar-refractivity contribution in [2.75, 3.05) is 6.26 Å². The lowest BCUT2D eigenvalue weighted by Gasteiger charge is -2.19. The number of hydrogen-bond acceptors (Lipinski definition) is 2. The molecule has 1 aliphatic rings. The molecule has 0 amide bonds. The van der Waals surface area contributed by atoms with E-state index in [0.717, 1.165) is 11.4 Å². The van der Waals surface area contributed by atoms with E-state index in [1.807, 2.05) is 42.5 Å². The van der Waals surface area contributed by atoms with Crippen molar-refractivity contribution in [3.05, 3.63) is 63.6 Å². The SMILES string of the molecule is C[S@@](=O)c1ccc(CN[C@H](c2ccc(Cl)c(Cl)c2)C2CC2)cc1. The lowest BCUT2D eigenvalue weighted by Crippen LogP contribution is -2.22. The molecule has 0 heterocycles. The van der Waals surface area contributed by atoms with E-state index >= 15 is 0 Å². The number of nitrogens with one attached hydrogen (secondary N) is 1. The molecule has 0 radical (unpaired) electrons. The molecular weight excluding hydrogens is 349 g/mol. The van der Waals surface area contributed by atoms with Gasteiger partial charge in [0.05, 0.1) is 10.0 Å². The predicted octanol–water partition coefficient (Wildman–Crippen LogP) is 4.97. The Hall–Kier alpha value is -0.870. The summed E-state index contributed by atoms with van der Waals surface area (Å²) in [4.78, 5) is 0.858. The Kier molecular flexibility index (Phi) is 5.42. The molecule has 23 heavy (non-hydrogen) atoms. The first-order chi connectivity index (χ1) is 11.0. The second-order valence-corrected chi connectivity index (χ2v) is 8.16. The van der Waals surface area contributed by atoms with Crippen molar-refractivity contribution in [1.82, 2.24) is 5.32 Å². The summed E-state index contributed by atoms with van der Waals surface area (Å²) in [5, 5.41) is 4.83. The Morgan fingerprint density at radius 3 is 2.39 bits per heavy atom. The molecule has 2 atom stereocenters. The van der Waals surface area contributed by atoms with Gasteiger partial charge in [0.2, 0.25) is 0 Å². The third kappa shape index (κ3) is 4.36. The first-order valence-corrected chi connectivity index (χ1v) is 9.96. The van der Waals surface area contributed by atoms with E-state index < -0.39 is 10.8 Å². The number of halogens is 2. The van der Waals surface area contributed by atoms with E-state index in [0.29, 0.717) is 22.0 Å². The highest BCUT2D eigenvalue weighted by Gasteiger charge is 2.32. The summed E-state index contributed by atoms with van der Waals surface area (Å²) in [6.45, 7) is 0.776. The van der Waals surface area contributed by atoms with Crippen molar-refractivity contribution < 1.29 is 4.21 Å². The third-order valence-electron chi connectivity index (χ3n) is 4.18. The Labute approximate surface area is 149 Å². The average molecular weight is 368 g/mol. The van der Waals surface area contributed by atoms with Crippen LogP contribution < -0.4 is 5.32 Å². The Balaban J connectivity index is 1.70. The van der Waals surface area contributed by atoms with E-state index in [2.05, 4.69) is 5.32 Å². The fraction of sp³-hybridized carbons (Fsp3) is 0.333. The van der Waals surface area contributed by atoms with Crippen LogP contribution in [0.5, 0.6) is 0 Å². The van der Waals surface area contributed by atoms with Crippen LogP contribution >= 0.6 is 23.2 Å². The molecule has 1 fully saturated rings. The van der Waals surface area contributed by atoms with Crippen LogP contribution in [0.4, 0.5) is 0 Å². The smallest absolute Gasteiger partial charge is 0.0595 e. The van der Waals surface area contributed by atoms with Crippen LogP contribution in [0.15, 0.2) is 47.4 Å². The largest absolute Gasteiger partial charge is 0.306 e. The maximum atomic E-state index is 11.4. The molecule has 2 nitrogen and oxygen atoms in total. The molecule has 0 aliphatic heterocycles. The highest BCUT2D eigenvalue weighted by atomic mass is 35.5. The Morgan fingerprint density at radius 2 is 1.83 bits per heavy atom. The molecule has 1 N–H and O–H groups in total. The number of rotatable bonds is 6. The molecular formula is C18H19Cl2NOS. The first kappa shape index (κ1) is 17.0. The van der Waals surface area contributed by atoms with Crippen LogP contribution in [0.2, 0.25) is 10.0 Å². The lowest BCUT2D eigenvalue weighted by atomic mass is 10.0. The predicted molar refractivity (Wildman–Crippen MR) is 97.5 cm³/mol. The maximum absolute atomic E-state index is 11.4. The van der Waals surface area contributed by atoms with Crippen molar-refractivity contribution in [3.8, 4) is 0 Å². The van der Waals surface area contributed by atoms with E-state index in [-0.39, 0.29) is 0 Å². The van der Waals surface area contributed by atoms with Gasteiger partial charge < -0.3 is 5.32 Å². The van der Waals surface area contributed by atoms with Gasteiger partial charge in [0.1, 0.15) is 0 Å². The summed E-state index contributed by atoms with van der Waals surface area (Å²) in [5.74, 6) is 0.662. The summed E-state index contributed by atoms with van der Waals surface area (Å²) in [6.07, 6.45) is 4.18. The van der Waals surface area contributed by atoms with E-state index in [1.54, 1.807) is 6.26 Å². The van der Waals surface area contributed by atoms with Gasteiger partial charge in [-0.3, -0.25) is 4.21 Å². The van der Waals surface area contributed by atoms with Gasteiger partial charge in [-0.25, -0.2) is 0 Å². The highest BCUT2D eigenvalue weighted by molar-refractivity contribution is 7.84. The zero-order chi connectivity index (χ0) is 16.4. The monoisotopic (exact) mass is 367 g/mol. The molecule has 2 aromatic rings. The molecule has 1 saturated carbocycles. The lowest BCUT2D eigenvalue weighted by molar-refractivity contribution is 0.480. The van der Waals surface area contributed by atoms with Gasteiger partial charge in [-0.1, -0.05) is 41.4 Å². The molecule has 1 aliphatic carbocycles. The van der Waals surface area contributed by atoms with Gasteiger partial charge in [0, 0.05) is 34.5 Å². The summed E-state index contributed by atoms with van der Waals surface area (Å²) >= 11 is 12.2. The highest BCUT2D eigenvalue weighted by Crippen LogP contribution is 2.42. The number of benzene rings is 2. The summed E-state index contributed by atoms with van der Waals surface area (Å²) in [6, 6.07) is 14.1. The zero-order valence-electron chi connectivity index (χ0n) is 12.9. The van der Waals surface area contributed by atoms with Crippen molar-refractivity contribution >= 4 is 34.0 Å². The van der Waals surface area contributed by atoms with Crippen LogP contribution in [-0.2, 0) is 17.3 Å². The fourth-order valence-electron chi connectivity index (χ4n) is 2.72. The molecule has 3 rings (SSSR count). The Morgan fingerprint density at radius 1 is 1.13 bits per heavy atom.